The highest BCUT2D eigenvalue weighted by molar-refractivity contribution is 7.99. The maximum Gasteiger partial charge on any atom is 0.339 e. The van der Waals surface area contributed by atoms with Gasteiger partial charge in [0.2, 0.25) is 0 Å². The van der Waals surface area contributed by atoms with Gasteiger partial charge in [-0.15, -0.1) is 11.8 Å². The number of methoxy groups -OCH3 is 1. The molecule has 0 amide bonds. The molecule has 0 N–H and O–H groups in total. The summed E-state index contributed by atoms with van der Waals surface area (Å²) in [7, 11) is 5.02. The topological polar surface area (TPSA) is 46.6 Å². The van der Waals surface area contributed by atoms with Gasteiger partial charge in [-0.2, -0.15) is 0 Å². The van der Waals surface area contributed by atoms with Crippen molar-refractivity contribution in [1.29, 1.82) is 0 Å². The molecule has 20 heavy (non-hydrogen) atoms. The zero-order valence-electron chi connectivity index (χ0n) is 11.4. The van der Waals surface area contributed by atoms with Crippen molar-refractivity contribution >= 4 is 35.1 Å². The number of ketones is 1. The third kappa shape index (κ3) is 2.69. The molecule has 1 aromatic rings. The lowest BCUT2D eigenvalue weighted by Crippen LogP contribution is -2.19. The van der Waals surface area contributed by atoms with Gasteiger partial charge in [-0.1, -0.05) is 11.6 Å². The number of hydrogen-bond acceptors (Lipinski definition) is 5. The van der Waals surface area contributed by atoms with Crippen molar-refractivity contribution in [2.45, 2.75) is 4.90 Å². The van der Waals surface area contributed by atoms with Gasteiger partial charge in [-0.25, -0.2) is 4.79 Å². The van der Waals surface area contributed by atoms with Crippen molar-refractivity contribution in [2.24, 2.45) is 0 Å². The largest absolute Gasteiger partial charge is 0.465 e. The molecule has 106 valence electrons. The summed E-state index contributed by atoms with van der Waals surface area (Å²) < 4.78 is 4.74. The predicted molar refractivity (Wildman–Crippen MR) is 79.6 cm³/mol. The molecule has 0 radical (unpaired) electrons. The molecular formula is C14H14ClNO3S. The van der Waals surface area contributed by atoms with Crippen molar-refractivity contribution in [2.75, 3.05) is 27.0 Å². The van der Waals surface area contributed by atoms with E-state index in [1.807, 2.05) is 19.0 Å². The molecule has 0 atom stereocenters. The molecule has 0 saturated heterocycles. The summed E-state index contributed by atoms with van der Waals surface area (Å²) in [6.45, 7) is 0. The number of rotatable bonds is 2. The van der Waals surface area contributed by atoms with Crippen LogP contribution in [-0.2, 0) is 4.74 Å². The molecule has 4 nitrogen and oxygen atoms in total. The minimum atomic E-state index is -0.460. The molecule has 6 heteroatoms. The van der Waals surface area contributed by atoms with E-state index in [-0.39, 0.29) is 5.78 Å². The van der Waals surface area contributed by atoms with Crippen LogP contribution in [0.4, 0.5) is 0 Å². The van der Waals surface area contributed by atoms with Crippen LogP contribution >= 0.6 is 23.4 Å². The first-order chi connectivity index (χ1) is 9.45. The van der Waals surface area contributed by atoms with Gasteiger partial charge < -0.3 is 9.64 Å². The van der Waals surface area contributed by atoms with E-state index in [4.69, 9.17) is 16.3 Å². The second-order valence-electron chi connectivity index (χ2n) is 4.53. The fraction of sp³-hybridized carbons (Fsp3) is 0.286. The Labute approximate surface area is 126 Å². The average Bonchev–Trinajstić information content (AvgIpc) is 2.41. The van der Waals surface area contributed by atoms with Crippen LogP contribution in [0.5, 0.6) is 0 Å². The molecule has 1 aliphatic rings. The fourth-order valence-corrected chi connectivity index (χ4v) is 3.43. The van der Waals surface area contributed by atoms with Crippen molar-refractivity contribution < 1.29 is 14.3 Å². The van der Waals surface area contributed by atoms with Crippen LogP contribution in [-0.4, -0.2) is 43.6 Å². The third-order valence-corrected chi connectivity index (χ3v) is 4.30. The zero-order valence-corrected chi connectivity index (χ0v) is 13.0. The number of halogens is 1. The highest BCUT2D eigenvalue weighted by atomic mass is 35.5. The molecule has 1 aliphatic heterocycles. The quantitative estimate of drug-likeness (QED) is 0.621. The van der Waals surface area contributed by atoms with Crippen LogP contribution in [0.15, 0.2) is 28.8 Å². The van der Waals surface area contributed by atoms with E-state index < -0.39 is 5.97 Å². The average molecular weight is 312 g/mol. The maximum atomic E-state index is 12.5. The minimum Gasteiger partial charge on any atom is -0.465 e. The van der Waals surface area contributed by atoms with Crippen LogP contribution in [0, 0.1) is 0 Å². The number of ether oxygens (including phenoxy) is 1. The molecule has 2 rings (SSSR count). The highest BCUT2D eigenvalue weighted by Crippen LogP contribution is 2.39. The molecule has 0 fully saturated rings. The SMILES string of the molecule is COC(=O)c1ccc(Cl)c2c1SCC(=CN(C)C)C2=O. The van der Waals surface area contributed by atoms with Crippen LogP contribution < -0.4 is 0 Å². The number of esters is 1. The zero-order chi connectivity index (χ0) is 14.9. The van der Waals surface area contributed by atoms with Crippen LogP contribution in [0.2, 0.25) is 5.02 Å². The lowest BCUT2D eigenvalue weighted by atomic mass is 10.0. The van der Waals surface area contributed by atoms with Gasteiger partial charge in [0.05, 0.1) is 23.3 Å². The standard InChI is InChI=1S/C14H14ClNO3S/c1-16(2)6-8-7-20-13-9(14(18)19-3)4-5-10(15)11(13)12(8)17/h4-6H,7H2,1-3H3. The highest BCUT2D eigenvalue weighted by Gasteiger charge is 2.29. The second kappa shape index (κ2) is 5.89. The van der Waals surface area contributed by atoms with Crippen molar-refractivity contribution in [3.63, 3.8) is 0 Å². The normalized spacial score (nSPS) is 16.0. The maximum absolute atomic E-state index is 12.5. The smallest absolute Gasteiger partial charge is 0.339 e. The molecule has 0 bridgehead atoms. The Bertz CT molecular complexity index is 611. The summed E-state index contributed by atoms with van der Waals surface area (Å²) in [6, 6.07) is 3.15. The third-order valence-electron chi connectivity index (χ3n) is 2.82. The monoisotopic (exact) mass is 311 g/mol. The summed E-state index contributed by atoms with van der Waals surface area (Å²) in [4.78, 5) is 26.7. The van der Waals surface area contributed by atoms with E-state index in [0.717, 1.165) is 0 Å². The molecule has 1 heterocycles. The molecule has 0 unspecified atom stereocenters. The molecular weight excluding hydrogens is 298 g/mol. The van der Waals surface area contributed by atoms with Gasteiger partial charge in [0.25, 0.3) is 0 Å². The summed E-state index contributed by atoms with van der Waals surface area (Å²) in [5.41, 5.74) is 1.43. The fourth-order valence-electron chi connectivity index (χ4n) is 1.97. The summed E-state index contributed by atoms with van der Waals surface area (Å²) >= 11 is 7.56. The van der Waals surface area contributed by atoms with Gasteiger partial charge in [0, 0.05) is 36.5 Å². The first-order valence-corrected chi connectivity index (χ1v) is 7.27. The lowest BCUT2D eigenvalue weighted by molar-refractivity contribution is 0.0596. The van der Waals surface area contributed by atoms with Crippen LogP contribution in [0.3, 0.4) is 0 Å². The Morgan fingerprint density at radius 1 is 1.45 bits per heavy atom. The van der Waals surface area contributed by atoms with Crippen molar-refractivity contribution in [1.82, 2.24) is 4.90 Å². The van der Waals surface area contributed by atoms with Gasteiger partial charge in [0.15, 0.2) is 5.78 Å². The minimum absolute atomic E-state index is 0.136. The van der Waals surface area contributed by atoms with Crippen LogP contribution in [0.1, 0.15) is 20.7 Å². The number of carbonyl (C=O) groups excluding carboxylic acids is 2. The Hall–Kier alpha value is -1.46. The lowest BCUT2D eigenvalue weighted by Gasteiger charge is -2.21. The number of carbonyl (C=O) groups is 2. The number of Topliss-reactive ketones (excluding diaryl/α,β-unsaturated/α-hetero) is 1. The Morgan fingerprint density at radius 3 is 2.75 bits per heavy atom. The van der Waals surface area contributed by atoms with Crippen molar-refractivity contribution in [3.05, 3.63) is 40.1 Å². The van der Waals surface area contributed by atoms with E-state index >= 15 is 0 Å². The molecule has 0 aromatic heterocycles. The van der Waals surface area contributed by atoms with Gasteiger partial charge in [-0.05, 0) is 12.1 Å². The second-order valence-corrected chi connectivity index (χ2v) is 5.92. The van der Waals surface area contributed by atoms with Crippen molar-refractivity contribution in [3.8, 4) is 0 Å². The van der Waals surface area contributed by atoms with Gasteiger partial charge >= 0.3 is 5.97 Å². The van der Waals surface area contributed by atoms with Gasteiger partial charge in [0.1, 0.15) is 0 Å². The number of hydrogen-bond donors (Lipinski definition) is 0. The van der Waals surface area contributed by atoms with E-state index in [9.17, 15) is 9.59 Å². The Morgan fingerprint density at radius 2 is 2.15 bits per heavy atom. The Balaban J connectivity index is 2.56. The summed E-state index contributed by atoms with van der Waals surface area (Å²) in [5, 5.41) is 0.356. The Kier molecular flexibility index (Phi) is 4.40. The number of nitrogens with zero attached hydrogens (tertiary/aromatic N) is 1. The molecule has 0 aliphatic carbocycles. The predicted octanol–water partition coefficient (Wildman–Crippen LogP) is 2.86. The summed E-state index contributed by atoms with van der Waals surface area (Å²) in [6.07, 6.45) is 1.78. The van der Waals surface area contributed by atoms with Crippen LogP contribution in [0.25, 0.3) is 0 Å². The molecule has 1 aromatic carbocycles. The van der Waals surface area contributed by atoms with E-state index in [1.54, 1.807) is 18.3 Å². The summed E-state index contributed by atoms with van der Waals surface area (Å²) in [5.74, 6) is -0.0876. The first kappa shape index (κ1) is 14.9. The van der Waals surface area contributed by atoms with Gasteiger partial charge in [-0.3, -0.25) is 4.79 Å². The number of thioether (sulfide) groups is 1. The van der Waals surface area contributed by atoms with E-state index in [2.05, 4.69) is 0 Å². The first-order valence-electron chi connectivity index (χ1n) is 5.91. The molecule has 0 spiro atoms. The van der Waals surface area contributed by atoms with E-state index in [1.165, 1.54) is 18.9 Å². The number of fused-ring (bicyclic) bond motifs is 1. The molecule has 0 saturated carbocycles. The van der Waals surface area contributed by atoms with E-state index in [0.29, 0.717) is 32.4 Å². The number of benzene rings is 1.